The summed E-state index contributed by atoms with van der Waals surface area (Å²) >= 11 is 0. The second-order valence-electron chi connectivity index (χ2n) is 2.98. The highest BCUT2D eigenvalue weighted by molar-refractivity contribution is 5.77. The standard InChI is InChI=1S/C10H15N3O.2C2H6/c1-3-5-7-12(4-2)10(14)13-8-6-11-9-13;2*1-2/h4,6,8-9H,2-3,5,7H2,1H3;2*1-2H3. The summed E-state index contributed by atoms with van der Waals surface area (Å²) in [5.74, 6) is 0. The van der Waals surface area contributed by atoms with E-state index in [0.29, 0.717) is 6.54 Å². The van der Waals surface area contributed by atoms with Crippen LogP contribution in [0.15, 0.2) is 31.5 Å². The molecule has 18 heavy (non-hydrogen) atoms. The molecule has 0 spiro atoms. The molecule has 1 amide bonds. The summed E-state index contributed by atoms with van der Waals surface area (Å²) in [7, 11) is 0. The average molecular weight is 253 g/mol. The van der Waals surface area contributed by atoms with Crippen LogP contribution < -0.4 is 0 Å². The lowest BCUT2D eigenvalue weighted by Crippen LogP contribution is -2.30. The van der Waals surface area contributed by atoms with Crippen molar-refractivity contribution in [1.82, 2.24) is 14.5 Å². The molecule has 0 saturated carbocycles. The first-order valence-electron chi connectivity index (χ1n) is 6.71. The van der Waals surface area contributed by atoms with E-state index in [2.05, 4.69) is 18.5 Å². The Hall–Kier alpha value is -1.58. The number of nitrogens with zero attached hydrogens (tertiary/aromatic N) is 3. The third-order valence-corrected chi connectivity index (χ3v) is 1.94. The summed E-state index contributed by atoms with van der Waals surface area (Å²) < 4.78 is 1.44. The Morgan fingerprint density at radius 2 is 2.00 bits per heavy atom. The molecule has 0 saturated heterocycles. The first-order valence-corrected chi connectivity index (χ1v) is 6.71. The number of unbranched alkanes of at least 4 members (excludes halogenated alkanes) is 1. The van der Waals surface area contributed by atoms with Gasteiger partial charge in [0.1, 0.15) is 6.33 Å². The molecular weight excluding hydrogens is 226 g/mol. The second kappa shape index (κ2) is 13.5. The van der Waals surface area contributed by atoms with Crippen LogP contribution in [0.3, 0.4) is 0 Å². The predicted octanol–water partition coefficient (Wildman–Crippen LogP) is 4.15. The normalized spacial score (nSPS) is 8.28. The summed E-state index contributed by atoms with van der Waals surface area (Å²) in [6, 6.07) is -0.106. The van der Waals surface area contributed by atoms with Gasteiger partial charge in [-0.25, -0.2) is 9.78 Å². The number of carbonyl (C=O) groups is 1. The minimum Gasteiger partial charge on any atom is -0.301 e. The van der Waals surface area contributed by atoms with E-state index in [-0.39, 0.29) is 6.03 Å². The van der Waals surface area contributed by atoms with Crippen LogP contribution in [0.5, 0.6) is 0 Å². The van der Waals surface area contributed by atoms with E-state index in [1.165, 1.54) is 10.9 Å². The van der Waals surface area contributed by atoms with Crippen molar-refractivity contribution in [3.8, 4) is 0 Å². The number of amides is 1. The lowest BCUT2D eigenvalue weighted by molar-refractivity contribution is 0.216. The molecule has 0 aliphatic rings. The van der Waals surface area contributed by atoms with Crippen LogP contribution in [0.2, 0.25) is 0 Å². The molecule has 0 aliphatic carbocycles. The van der Waals surface area contributed by atoms with Gasteiger partial charge in [-0.2, -0.15) is 0 Å². The van der Waals surface area contributed by atoms with Gasteiger partial charge in [0.15, 0.2) is 0 Å². The van der Waals surface area contributed by atoms with Gasteiger partial charge in [-0.1, -0.05) is 47.6 Å². The van der Waals surface area contributed by atoms with Crippen LogP contribution in [-0.2, 0) is 0 Å². The maximum atomic E-state index is 11.7. The molecule has 0 fully saturated rings. The monoisotopic (exact) mass is 253 g/mol. The Labute approximate surface area is 111 Å². The second-order valence-corrected chi connectivity index (χ2v) is 2.98. The van der Waals surface area contributed by atoms with E-state index < -0.39 is 0 Å². The van der Waals surface area contributed by atoms with E-state index >= 15 is 0 Å². The first kappa shape index (κ1) is 18.8. The van der Waals surface area contributed by atoms with Crippen molar-refractivity contribution in [3.63, 3.8) is 0 Å². The quantitative estimate of drug-likeness (QED) is 0.808. The zero-order chi connectivity index (χ0) is 14.4. The van der Waals surface area contributed by atoms with Crippen molar-refractivity contribution in [3.05, 3.63) is 31.5 Å². The van der Waals surface area contributed by atoms with E-state index in [9.17, 15) is 4.79 Å². The van der Waals surface area contributed by atoms with Crippen molar-refractivity contribution in [2.45, 2.75) is 47.5 Å². The minimum atomic E-state index is -0.106. The molecule has 4 nitrogen and oxygen atoms in total. The van der Waals surface area contributed by atoms with Gasteiger partial charge in [-0.15, -0.1) is 0 Å². The molecule has 1 aromatic rings. The number of rotatable bonds is 4. The third kappa shape index (κ3) is 6.89. The van der Waals surface area contributed by atoms with Crippen molar-refractivity contribution in [1.29, 1.82) is 0 Å². The SMILES string of the molecule is C=CN(CCCC)C(=O)n1ccnc1.CC.CC. The molecule has 0 aliphatic heterocycles. The maximum Gasteiger partial charge on any atom is 0.333 e. The van der Waals surface area contributed by atoms with Crippen LogP contribution in [0.25, 0.3) is 0 Å². The molecule has 0 atom stereocenters. The summed E-state index contributed by atoms with van der Waals surface area (Å²) in [5.41, 5.74) is 0. The number of hydrogen-bond acceptors (Lipinski definition) is 2. The highest BCUT2D eigenvalue weighted by Crippen LogP contribution is 2.00. The van der Waals surface area contributed by atoms with E-state index in [1.54, 1.807) is 23.5 Å². The fourth-order valence-corrected chi connectivity index (χ4v) is 1.11. The average Bonchev–Trinajstić information content (AvgIpc) is 2.98. The van der Waals surface area contributed by atoms with Gasteiger partial charge in [0.05, 0.1) is 0 Å². The van der Waals surface area contributed by atoms with Gasteiger partial charge >= 0.3 is 6.03 Å². The predicted molar refractivity (Wildman–Crippen MR) is 77.5 cm³/mol. The van der Waals surface area contributed by atoms with Crippen LogP contribution >= 0.6 is 0 Å². The summed E-state index contributed by atoms with van der Waals surface area (Å²) in [4.78, 5) is 17.1. The van der Waals surface area contributed by atoms with Crippen molar-refractivity contribution >= 4 is 6.03 Å². The zero-order valence-electron chi connectivity index (χ0n) is 12.4. The smallest absolute Gasteiger partial charge is 0.301 e. The number of aromatic nitrogens is 2. The number of carbonyl (C=O) groups excluding carboxylic acids is 1. The summed E-state index contributed by atoms with van der Waals surface area (Å²) in [6.07, 6.45) is 8.29. The minimum absolute atomic E-state index is 0.106. The maximum absolute atomic E-state index is 11.7. The molecular formula is C14H27N3O. The molecule has 104 valence electrons. The Morgan fingerprint density at radius 1 is 1.39 bits per heavy atom. The van der Waals surface area contributed by atoms with Crippen LogP contribution in [-0.4, -0.2) is 27.0 Å². The number of imidazole rings is 1. The van der Waals surface area contributed by atoms with Crippen LogP contribution in [0, 0.1) is 0 Å². The van der Waals surface area contributed by atoms with Gasteiger partial charge in [-0.3, -0.25) is 4.57 Å². The third-order valence-electron chi connectivity index (χ3n) is 1.94. The molecule has 0 radical (unpaired) electrons. The molecule has 1 heterocycles. The fourth-order valence-electron chi connectivity index (χ4n) is 1.11. The van der Waals surface area contributed by atoms with Crippen molar-refractivity contribution in [2.75, 3.05) is 6.54 Å². The molecule has 1 aromatic heterocycles. The van der Waals surface area contributed by atoms with Crippen molar-refractivity contribution < 1.29 is 4.79 Å². The number of hydrogen-bond donors (Lipinski definition) is 0. The highest BCUT2D eigenvalue weighted by Gasteiger charge is 2.10. The van der Waals surface area contributed by atoms with Gasteiger partial charge in [-0.05, 0) is 6.42 Å². The molecule has 0 N–H and O–H groups in total. The van der Waals surface area contributed by atoms with Gasteiger partial charge in [0.2, 0.25) is 0 Å². The Morgan fingerprint density at radius 3 is 2.39 bits per heavy atom. The van der Waals surface area contributed by atoms with Gasteiger partial charge in [0.25, 0.3) is 0 Å². The molecule has 0 aromatic carbocycles. The van der Waals surface area contributed by atoms with Crippen LogP contribution in [0.1, 0.15) is 47.5 Å². The fraction of sp³-hybridized carbons (Fsp3) is 0.571. The molecule has 4 heteroatoms. The Balaban J connectivity index is 0. The van der Waals surface area contributed by atoms with Gasteiger partial charge in [0, 0.05) is 25.1 Å². The Kier molecular flexibility index (Phi) is 14.1. The van der Waals surface area contributed by atoms with E-state index in [0.717, 1.165) is 12.8 Å². The largest absolute Gasteiger partial charge is 0.333 e. The first-order chi connectivity index (χ1) is 8.79. The molecule has 0 bridgehead atoms. The molecule has 0 unspecified atom stereocenters. The molecule has 1 rings (SSSR count). The van der Waals surface area contributed by atoms with Crippen molar-refractivity contribution in [2.24, 2.45) is 0 Å². The van der Waals surface area contributed by atoms with E-state index in [1.807, 2.05) is 27.7 Å². The Bertz CT molecular complexity index is 294. The lowest BCUT2D eigenvalue weighted by atomic mass is 10.3. The summed E-state index contributed by atoms with van der Waals surface area (Å²) in [5, 5.41) is 0. The van der Waals surface area contributed by atoms with Crippen LogP contribution in [0.4, 0.5) is 4.79 Å². The lowest BCUT2D eigenvalue weighted by Gasteiger charge is -2.17. The highest BCUT2D eigenvalue weighted by atomic mass is 16.2. The zero-order valence-corrected chi connectivity index (χ0v) is 12.4. The topological polar surface area (TPSA) is 38.1 Å². The van der Waals surface area contributed by atoms with Gasteiger partial charge < -0.3 is 4.90 Å². The summed E-state index contributed by atoms with van der Waals surface area (Å²) in [6.45, 7) is 14.4. The van der Waals surface area contributed by atoms with E-state index in [4.69, 9.17) is 0 Å².